The summed E-state index contributed by atoms with van der Waals surface area (Å²) in [5.41, 5.74) is 1.69. The maximum absolute atomic E-state index is 14.4. The van der Waals surface area contributed by atoms with E-state index in [1.54, 1.807) is 48.5 Å². The second-order valence-electron chi connectivity index (χ2n) is 7.36. The van der Waals surface area contributed by atoms with Gasteiger partial charge in [-0.2, -0.15) is 0 Å². The van der Waals surface area contributed by atoms with Crippen molar-refractivity contribution < 1.29 is 22.6 Å². The minimum absolute atomic E-state index is 0.0885. The molecule has 0 N–H and O–H groups in total. The summed E-state index contributed by atoms with van der Waals surface area (Å²) in [5.74, 6) is -1.06. The van der Waals surface area contributed by atoms with E-state index in [1.165, 1.54) is 6.07 Å². The third-order valence-electron chi connectivity index (χ3n) is 5.10. The Bertz CT molecular complexity index is 1000. The molecule has 0 aliphatic carbocycles. The van der Waals surface area contributed by atoms with Gasteiger partial charge in [0.25, 0.3) is 0 Å². The normalized spacial score (nSPS) is 10.9. The fourth-order valence-electron chi connectivity index (χ4n) is 3.38. The molecule has 0 amide bonds. The average Bonchev–Trinajstić information content (AvgIpc) is 2.77. The highest BCUT2D eigenvalue weighted by Gasteiger charge is 2.14. The van der Waals surface area contributed by atoms with Crippen molar-refractivity contribution >= 4 is 0 Å². The number of hydrogen-bond donors (Lipinski definition) is 0. The molecule has 0 bridgehead atoms. The topological polar surface area (TPSA) is 18.5 Å². The Balaban J connectivity index is 1.65. The summed E-state index contributed by atoms with van der Waals surface area (Å²) in [4.78, 5) is 0. The van der Waals surface area contributed by atoms with Crippen LogP contribution in [0.4, 0.5) is 13.2 Å². The van der Waals surface area contributed by atoms with Gasteiger partial charge >= 0.3 is 0 Å². The summed E-state index contributed by atoms with van der Waals surface area (Å²) in [7, 11) is 0. The second-order valence-corrected chi connectivity index (χ2v) is 7.36. The molecular formula is C26H27F3O2. The molecule has 0 heterocycles. The zero-order valence-corrected chi connectivity index (χ0v) is 17.9. The third-order valence-corrected chi connectivity index (χ3v) is 5.10. The van der Waals surface area contributed by atoms with Gasteiger partial charge in [-0.05, 0) is 55.2 Å². The van der Waals surface area contributed by atoms with Gasteiger partial charge in [0.15, 0.2) is 11.6 Å². The molecule has 0 unspecified atom stereocenters. The quantitative estimate of drug-likeness (QED) is 0.312. The van der Waals surface area contributed by atoms with Crippen molar-refractivity contribution in [3.05, 3.63) is 83.2 Å². The molecule has 0 aromatic heterocycles. The maximum Gasteiger partial charge on any atom is 0.165 e. The molecule has 0 radical (unpaired) electrons. The van der Waals surface area contributed by atoms with Crippen molar-refractivity contribution in [1.29, 1.82) is 0 Å². The van der Waals surface area contributed by atoms with Gasteiger partial charge in [-0.25, -0.2) is 13.2 Å². The Morgan fingerprint density at radius 2 is 1.39 bits per heavy atom. The Labute approximate surface area is 181 Å². The Kier molecular flexibility index (Phi) is 7.99. The highest BCUT2D eigenvalue weighted by Crippen LogP contribution is 2.28. The van der Waals surface area contributed by atoms with Crippen LogP contribution in [0.1, 0.15) is 44.2 Å². The lowest BCUT2D eigenvalue weighted by Gasteiger charge is -2.11. The highest BCUT2D eigenvalue weighted by atomic mass is 19.2. The molecule has 0 fully saturated rings. The molecule has 0 spiro atoms. The van der Waals surface area contributed by atoms with E-state index < -0.39 is 11.6 Å². The first-order chi connectivity index (χ1) is 15.0. The van der Waals surface area contributed by atoms with E-state index in [9.17, 15) is 13.2 Å². The largest absolute Gasteiger partial charge is 0.494 e. The summed E-state index contributed by atoms with van der Waals surface area (Å²) in [6.07, 6.45) is 3.38. The molecule has 3 aromatic carbocycles. The summed E-state index contributed by atoms with van der Waals surface area (Å²) < 4.78 is 54.0. The molecule has 31 heavy (non-hydrogen) atoms. The zero-order chi connectivity index (χ0) is 22.2. The van der Waals surface area contributed by atoms with E-state index in [0.717, 1.165) is 19.3 Å². The van der Waals surface area contributed by atoms with Crippen molar-refractivity contribution in [2.75, 3.05) is 6.61 Å². The number of benzene rings is 3. The van der Waals surface area contributed by atoms with Crippen LogP contribution in [0.2, 0.25) is 0 Å². The predicted molar refractivity (Wildman–Crippen MR) is 117 cm³/mol. The molecule has 0 aliphatic rings. The van der Waals surface area contributed by atoms with E-state index >= 15 is 0 Å². The van der Waals surface area contributed by atoms with Gasteiger partial charge in [-0.15, -0.1) is 0 Å². The first-order valence-electron chi connectivity index (χ1n) is 10.6. The molecule has 3 rings (SSSR count). The molecule has 3 aromatic rings. The maximum atomic E-state index is 14.4. The molecule has 2 nitrogen and oxygen atoms in total. The predicted octanol–water partition coefficient (Wildman–Crippen LogP) is 7.48. The van der Waals surface area contributed by atoms with Crippen molar-refractivity contribution in [3.8, 4) is 22.6 Å². The summed E-state index contributed by atoms with van der Waals surface area (Å²) >= 11 is 0. The van der Waals surface area contributed by atoms with Gasteiger partial charge in [-0.3, -0.25) is 0 Å². The van der Waals surface area contributed by atoms with Gasteiger partial charge in [0, 0.05) is 17.2 Å². The smallest absolute Gasteiger partial charge is 0.165 e. The highest BCUT2D eigenvalue weighted by molar-refractivity contribution is 5.65. The molecule has 5 heteroatoms. The van der Waals surface area contributed by atoms with Crippen LogP contribution in [0.25, 0.3) is 11.1 Å². The van der Waals surface area contributed by atoms with Crippen LogP contribution in [0.15, 0.2) is 54.6 Å². The molecule has 0 saturated heterocycles. The van der Waals surface area contributed by atoms with E-state index in [2.05, 4.69) is 6.92 Å². The summed E-state index contributed by atoms with van der Waals surface area (Å²) in [6, 6.07) is 14.7. The Morgan fingerprint density at radius 1 is 0.710 bits per heavy atom. The minimum Gasteiger partial charge on any atom is -0.494 e. The first kappa shape index (κ1) is 22.7. The van der Waals surface area contributed by atoms with Crippen molar-refractivity contribution in [3.63, 3.8) is 0 Å². The van der Waals surface area contributed by atoms with Gasteiger partial charge in [0.2, 0.25) is 0 Å². The van der Waals surface area contributed by atoms with Gasteiger partial charge in [0.1, 0.15) is 23.9 Å². The van der Waals surface area contributed by atoms with Crippen LogP contribution < -0.4 is 9.47 Å². The summed E-state index contributed by atoms with van der Waals surface area (Å²) in [5, 5.41) is 0. The lowest BCUT2D eigenvalue weighted by Crippen LogP contribution is -2.03. The van der Waals surface area contributed by atoms with Crippen LogP contribution >= 0.6 is 0 Å². The SMILES string of the molecule is CCCCCc1ccc(COc2ccc(-c3ccc(OCC)cc3F)cc2)c(F)c1F. The fourth-order valence-corrected chi connectivity index (χ4v) is 3.38. The van der Waals surface area contributed by atoms with Crippen LogP contribution in [0, 0.1) is 17.5 Å². The third kappa shape index (κ3) is 5.81. The Morgan fingerprint density at radius 3 is 2.06 bits per heavy atom. The van der Waals surface area contributed by atoms with E-state index in [-0.39, 0.29) is 18.0 Å². The molecule has 0 aliphatic heterocycles. The lowest BCUT2D eigenvalue weighted by molar-refractivity contribution is 0.297. The zero-order valence-electron chi connectivity index (χ0n) is 17.9. The van der Waals surface area contributed by atoms with E-state index in [4.69, 9.17) is 9.47 Å². The molecular weight excluding hydrogens is 401 g/mol. The van der Waals surface area contributed by atoms with Crippen molar-refractivity contribution in [2.24, 2.45) is 0 Å². The first-order valence-corrected chi connectivity index (χ1v) is 10.6. The standard InChI is InChI=1S/C26H27F3O2/c1-3-5-6-7-19-8-9-20(26(29)25(19)28)17-31-21-12-10-18(11-13-21)23-15-14-22(30-4-2)16-24(23)27/h8-16H,3-7,17H2,1-2H3. The summed E-state index contributed by atoms with van der Waals surface area (Å²) in [6.45, 7) is 4.29. The number of hydrogen-bond acceptors (Lipinski definition) is 2. The van der Waals surface area contributed by atoms with Crippen LogP contribution in [-0.4, -0.2) is 6.61 Å². The lowest BCUT2D eigenvalue weighted by atomic mass is 10.0. The molecule has 0 saturated carbocycles. The van der Waals surface area contributed by atoms with Crippen LogP contribution in [-0.2, 0) is 13.0 Å². The average molecular weight is 428 g/mol. The van der Waals surface area contributed by atoms with E-state index in [0.29, 0.717) is 41.2 Å². The number of halogens is 3. The van der Waals surface area contributed by atoms with E-state index in [1.807, 2.05) is 6.92 Å². The van der Waals surface area contributed by atoms with Crippen molar-refractivity contribution in [2.45, 2.75) is 46.1 Å². The molecule has 0 atom stereocenters. The van der Waals surface area contributed by atoms with Crippen molar-refractivity contribution in [1.82, 2.24) is 0 Å². The number of aryl methyl sites for hydroxylation is 1. The Hall–Kier alpha value is -2.95. The second kappa shape index (κ2) is 10.9. The number of rotatable bonds is 10. The number of ether oxygens (including phenoxy) is 2. The van der Waals surface area contributed by atoms with Gasteiger partial charge in [0.05, 0.1) is 6.61 Å². The van der Waals surface area contributed by atoms with Gasteiger partial charge in [-0.1, -0.05) is 44.0 Å². The minimum atomic E-state index is -0.859. The monoisotopic (exact) mass is 428 g/mol. The van der Waals surface area contributed by atoms with Gasteiger partial charge < -0.3 is 9.47 Å². The fraction of sp³-hybridized carbons (Fsp3) is 0.308. The molecule has 164 valence electrons. The van der Waals surface area contributed by atoms with Crippen LogP contribution in [0.3, 0.4) is 0 Å². The number of unbranched alkanes of at least 4 members (excludes halogenated alkanes) is 2. The van der Waals surface area contributed by atoms with Crippen LogP contribution in [0.5, 0.6) is 11.5 Å².